The van der Waals surface area contributed by atoms with Crippen LogP contribution >= 0.6 is 22.7 Å². The standard InChI is InChI=1S/C26H21N5OS2/c27-12-14-31-22(29-25-23(26(31)32)18(16-33-25)17-7-2-1-3-8-17)15-30-13-6-10-20(30)24-28-19-9-4-5-11-21(19)34-24/h1-5,7-9,11,16,20H,6,10,13-15H2/t20-/m0/s1. The number of hydrogen-bond donors (Lipinski definition) is 0. The van der Waals surface area contributed by atoms with Crippen molar-refractivity contribution in [2.75, 3.05) is 6.54 Å². The minimum Gasteiger partial charge on any atom is -0.287 e. The monoisotopic (exact) mass is 483 g/mol. The highest BCUT2D eigenvalue weighted by Crippen LogP contribution is 2.37. The molecule has 0 saturated carbocycles. The van der Waals surface area contributed by atoms with E-state index in [0.29, 0.717) is 17.8 Å². The van der Waals surface area contributed by atoms with Crippen LogP contribution in [0.1, 0.15) is 29.7 Å². The maximum atomic E-state index is 13.6. The van der Waals surface area contributed by atoms with Crippen molar-refractivity contribution in [1.82, 2.24) is 19.4 Å². The molecule has 168 valence electrons. The summed E-state index contributed by atoms with van der Waals surface area (Å²) in [7, 11) is 0. The van der Waals surface area contributed by atoms with E-state index < -0.39 is 0 Å². The van der Waals surface area contributed by atoms with E-state index in [-0.39, 0.29) is 18.1 Å². The SMILES string of the molecule is N#CCn1c(CN2CCC[C@H]2c2nc3ccccc3s2)nc2scc(-c3ccccc3)c2c1=O. The first-order valence-electron chi connectivity index (χ1n) is 11.3. The Kier molecular flexibility index (Phi) is 5.46. The van der Waals surface area contributed by atoms with Gasteiger partial charge in [-0.15, -0.1) is 22.7 Å². The van der Waals surface area contributed by atoms with E-state index in [1.54, 1.807) is 15.9 Å². The van der Waals surface area contributed by atoms with Gasteiger partial charge in [0.15, 0.2) is 0 Å². The Morgan fingerprint density at radius 1 is 1.09 bits per heavy atom. The lowest BCUT2D eigenvalue weighted by Crippen LogP contribution is -2.30. The average molecular weight is 484 g/mol. The summed E-state index contributed by atoms with van der Waals surface area (Å²) < 4.78 is 2.74. The van der Waals surface area contributed by atoms with Gasteiger partial charge in [0.1, 0.15) is 22.2 Å². The number of thiazole rings is 1. The van der Waals surface area contributed by atoms with Crippen LogP contribution in [0.2, 0.25) is 0 Å². The molecular weight excluding hydrogens is 462 g/mol. The average Bonchev–Trinajstić information content (AvgIpc) is 3.60. The molecule has 0 unspecified atom stereocenters. The van der Waals surface area contributed by atoms with Crippen molar-refractivity contribution in [3.63, 3.8) is 0 Å². The Morgan fingerprint density at radius 2 is 1.91 bits per heavy atom. The highest BCUT2D eigenvalue weighted by atomic mass is 32.1. The Balaban J connectivity index is 1.40. The van der Waals surface area contributed by atoms with Gasteiger partial charge < -0.3 is 0 Å². The quantitative estimate of drug-likeness (QED) is 0.325. The van der Waals surface area contributed by atoms with Crippen molar-refractivity contribution in [2.45, 2.75) is 32.0 Å². The lowest BCUT2D eigenvalue weighted by Gasteiger charge is -2.23. The Morgan fingerprint density at radius 3 is 2.74 bits per heavy atom. The molecule has 0 spiro atoms. The second-order valence-corrected chi connectivity index (χ2v) is 10.3. The summed E-state index contributed by atoms with van der Waals surface area (Å²) >= 11 is 3.22. The zero-order valence-electron chi connectivity index (χ0n) is 18.3. The van der Waals surface area contributed by atoms with Gasteiger partial charge >= 0.3 is 0 Å². The molecule has 0 radical (unpaired) electrons. The van der Waals surface area contributed by atoms with Gasteiger partial charge in [-0.05, 0) is 37.1 Å². The molecule has 1 aliphatic rings. The summed E-state index contributed by atoms with van der Waals surface area (Å²) in [6.45, 7) is 1.42. The molecule has 1 fully saturated rings. The number of rotatable bonds is 5. The molecule has 8 heteroatoms. The molecule has 0 bridgehead atoms. The Labute approximate surface area is 204 Å². The first kappa shape index (κ1) is 21.2. The van der Waals surface area contributed by atoms with Crippen molar-refractivity contribution in [1.29, 1.82) is 5.26 Å². The van der Waals surface area contributed by atoms with Crippen LogP contribution in [0.4, 0.5) is 0 Å². The van der Waals surface area contributed by atoms with Crippen molar-refractivity contribution in [2.24, 2.45) is 0 Å². The Bertz CT molecular complexity index is 1560. The number of aromatic nitrogens is 3. The molecule has 6 rings (SSSR count). The van der Waals surface area contributed by atoms with Gasteiger partial charge in [0.25, 0.3) is 5.56 Å². The highest BCUT2D eigenvalue weighted by Gasteiger charge is 2.30. The predicted molar refractivity (Wildman–Crippen MR) is 137 cm³/mol. The third-order valence-corrected chi connectivity index (χ3v) is 8.40. The van der Waals surface area contributed by atoms with Crippen molar-refractivity contribution in [3.8, 4) is 17.2 Å². The van der Waals surface area contributed by atoms with E-state index in [4.69, 9.17) is 9.97 Å². The zero-order chi connectivity index (χ0) is 23.1. The van der Waals surface area contributed by atoms with Crippen LogP contribution < -0.4 is 5.56 Å². The zero-order valence-corrected chi connectivity index (χ0v) is 20.0. The lowest BCUT2D eigenvalue weighted by atomic mass is 10.1. The molecule has 3 aromatic heterocycles. The first-order chi connectivity index (χ1) is 16.7. The third kappa shape index (κ3) is 3.62. The fraction of sp³-hybridized carbons (Fsp3) is 0.231. The molecule has 1 atom stereocenters. The molecule has 1 saturated heterocycles. The van der Waals surface area contributed by atoms with Crippen LogP contribution in [0.15, 0.2) is 64.8 Å². The molecule has 5 aromatic rings. The normalized spacial score (nSPS) is 16.4. The summed E-state index contributed by atoms with van der Waals surface area (Å²) in [6, 6.07) is 20.5. The van der Waals surface area contributed by atoms with Gasteiger partial charge in [-0.2, -0.15) is 5.26 Å². The fourth-order valence-corrected chi connectivity index (χ4v) is 6.85. The summed E-state index contributed by atoms with van der Waals surface area (Å²) in [6.07, 6.45) is 2.10. The highest BCUT2D eigenvalue weighted by molar-refractivity contribution is 7.18. The van der Waals surface area contributed by atoms with E-state index in [0.717, 1.165) is 45.9 Å². The smallest absolute Gasteiger partial charge is 0.263 e. The fourth-order valence-electron chi connectivity index (χ4n) is 4.76. The van der Waals surface area contributed by atoms with E-state index in [2.05, 4.69) is 23.1 Å². The van der Waals surface area contributed by atoms with Crippen LogP contribution in [0.5, 0.6) is 0 Å². The second-order valence-electron chi connectivity index (χ2n) is 8.42. The minimum absolute atomic E-state index is 0.0131. The van der Waals surface area contributed by atoms with Crippen molar-refractivity contribution >= 4 is 43.1 Å². The van der Waals surface area contributed by atoms with Crippen molar-refractivity contribution < 1.29 is 0 Å². The summed E-state index contributed by atoms with van der Waals surface area (Å²) in [5.74, 6) is 0.647. The number of thiophene rings is 1. The number of fused-ring (bicyclic) bond motifs is 2. The van der Waals surface area contributed by atoms with Gasteiger partial charge in [0.05, 0.1) is 34.3 Å². The van der Waals surface area contributed by atoms with Gasteiger partial charge in [0, 0.05) is 10.9 Å². The van der Waals surface area contributed by atoms with Crippen LogP contribution in [0.3, 0.4) is 0 Å². The summed E-state index contributed by atoms with van der Waals surface area (Å²) in [5.41, 5.74) is 2.75. The molecule has 0 amide bonds. The number of benzene rings is 2. The lowest BCUT2D eigenvalue weighted by molar-refractivity contribution is 0.238. The molecule has 2 aromatic carbocycles. The van der Waals surface area contributed by atoms with E-state index in [9.17, 15) is 10.1 Å². The molecule has 4 heterocycles. The predicted octanol–water partition coefficient (Wildman–Crippen LogP) is 5.60. The molecule has 6 nitrogen and oxygen atoms in total. The maximum absolute atomic E-state index is 13.6. The maximum Gasteiger partial charge on any atom is 0.263 e. The number of para-hydroxylation sites is 1. The van der Waals surface area contributed by atoms with E-state index >= 15 is 0 Å². The molecular formula is C26H21N5OS2. The van der Waals surface area contributed by atoms with Gasteiger partial charge in [0.2, 0.25) is 0 Å². The molecule has 1 aliphatic heterocycles. The largest absolute Gasteiger partial charge is 0.287 e. The first-order valence-corrected chi connectivity index (χ1v) is 13.0. The van der Waals surface area contributed by atoms with Crippen molar-refractivity contribution in [3.05, 3.63) is 81.2 Å². The third-order valence-electron chi connectivity index (χ3n) is 6.39. The molecule has 34 heavy (non-hydrogen) atoms. The summed E-state index contributed by atoms with van der Waals surface area (Å²) in [4.78, 5) is 26.5. The van der Waals surface area contributed by atoms with Gasteiger partial charge in [-0.3, -0.25) is 14.3 Å². The van der Waals surface area contributed by atoms with Crippen LogP contribution in [-0.4, -0.2) is 26.0 Å². The van der Waals surface area contributed by atoms with E-state index in [1.165, 1.54) is 16.0 Å². The molecule has 0 N–H and O–H groups in total. The number of likely N-dealkylation sites (tertiary alicyclic amines) is 1. The van der Waals surface area contributed by atoms with Gasteiger partial charge in [-0.1, -0.05) is 42.5 Å². The van der Waals surface area contributed by atoms with Gasteiger partial charge in [-0.25, -0.2) is 9.97 Å². The van der Waals surface area contributed by atoms with Crippen LogP contribution in [0.25, 0.3) is 31.6 Å². The number of nitrogens with zero attached hydrogens (tertiary/aromatic N) is 5. The van der Waals surface area contributed by atoms with Crippen LogP contribution in [-0.2, 0) is 13.1 Å². The minimum atomic E-state index is -0.141. The Hall–Kier alpha value is -3.38. The number of hydrogen-bond acceptors (Lipinski definition) is 7. The second kappa shape index (κ2) is 8.76. The topological polar surface area (TPSA) is 74.8 Å². The number of nitriles is 1. The molecule has 0 aliphatic carbocycles. The van der Waals surface area contributed by atoms with E-state index in [1.807, 2.05) is 47.8 Å². The summed E-state index contributed by atoms with van der Waals surface area (Å²) in [5, 5.41) is 13.2. The van der Waals surface area contributed by atoms with Crippen LogP contribution in [0, 0.1) is 11.3 Å².